The highest BCUT2D eigenvalue weighted by Crippen LogP contribution is 2.33. The van der Waals surface area contributed by atoms with Gasteiger partial charge in [-0.3, -0.25) is 4.79 Å². The van der Waals surface area contributed by atoms with Crippen molar-refractivity contribution in [1.29, 1.82) is 0 Å². The molecule has 0 aromatic heterocycles. The average molecular weight is 511 g/mol. The summed E-state index contributed by atoms with van der Waals surface area (Å²) in [5, 5.41) is 0. The largest absolute Gasteiger partial charge is 0.484 e. The molecule has 1 aliphatic heterocycles. The molecule has 2 atom stereocenters. The SMILES string of the molecule is COC(=O)[C@@H]1CN(C(=O)COc2ccc(S(=O)(=O)N[C@@H](C)c3ccccc3)cc2)c2ccccc2O1. The van der Waals surface area contributed by atoms with Gasteiger partial charge in [-0.2, -0.15) is 0 Å². The Balaban J connectivity index is 1.40. The number of amides is 1. The molecular formula is C26H26N2O7S. The number of rotatable bonds is 8. The first-order valence-electron chi connectivity index (χ1n) is 11.2. The zero-order chi connectivity index (χ0) is 25.7. The fraction of sp³-hybridized carbons (Fsp3) is 0.231. The van der Waals surface area contributed by atoms with Crippen molar-refractivity contribution >= 4 is 27.6 Å². The summed E-state index contributed by atoms with van der Waals surface area (Å²) >= 11 is 0. The number of carbonyl (C=O) groups is 2. The molecule has 3 aromatic rings. The second-order valence-electron chi connectivity index (χ2n) is 8.12. The first kappa shape index (κ1) is 25.2. The van der Waals surface area contributed by atoms with Gasteiger partial charge in [-0.1, -0.05) is 42.5 Å². The number of nitrogens with one attached hydrogen (secondary N) is 1. The van der Waals surface area contributed by atoms with Crippen LogP contribution in [0.4, 0.5) is 5.69 Å². The number of esters is 1. The maximum absolute atomic E-state index is 13.0. The summed E-state index contributed by atoms with van der Waals surface area (Å²) in [5.41, 5.74) is 1.37. The van der Waals surface area contributed by atoms with Gasteiger partial charge >= 0.3 is 5.97 Å². The van der Waals surface area contributed by atoms with E-state index in [0.29, 0.717) is 17.2 Å². The van der Waals surface area contributed by atoms with E-state index in [0.717, 1.165) is 5.56 Å². The van der Waals surface area contributed by atoms with Gasteiger partial charge in [-0.05, 0) is 48.9 Å². The molecule has 36 heavy (non-hydrogen) atoms. The fourth-order valence-electron chi connectivity index (χ4n) is 3.77. The molecule has 0 saturated heterocycles. The van der Waals surface area contributed by atoms with E-state index in [1.165, 1.54) is 36.3 Å². The van der Waals surface area contributed by atoms with Gasteiger partial charge in [-0.15, -0.1) is 0 Å². The number of ether oxygens (including phenoxy) is 3. The van der Waals surface area contributed by atoms with Crippen molar-refractivity contribution in [3.63, 3.8) is 0 Å². The van der Waals surface area contributed by atoms with E-state index in [4.69, 9.17) is 14.2 Å². The summed E-state index contributed by atoms with van der Waals surface area (Å²) in [7, 11) is -2.51. The summed E-state index contributed by atoms with van der Waals surface area (Å²) < 4.78 is 44.2. The van der Waals surface area contributed by atoms with Gasteiger partial charge in [-0.25, -0.2) is 17.9 Å². The van der Waals surface area contributed by atoms with Gasteiger partial charge < -0.3 is 19.1 Å². The Morgan fingerprint density at radius 1 is 1.03 bits per heavy atom. The van der Waals surface area contributed by atoms with Crippen molar-refractivity contribution in [2.75, 3.05) is 25.2 Å². The number of benzene rings is 3. The van der Waals surface area contributed by atoms with Crippen molar-refractivity contribution in [3.8, 4) is 11.5 Å². The smallest absolute Gasteiger partial charge is 0.348 e. The number of fused-ring (bicyclic) bond motifs is 1. The number of methoxy groups -OCH3 is 1. The molecule has 4 rings (SSSR count). The van der Waals surface area contributed by atoms with Gasteiger partial charge in [0, 0.05) is 6.04 Å². The highest BCUT2D eigenvalue weighted by atomic mass is 32.2. The molecule has 3 aromatic carbocycles. The molecule has 10 heteroatoms. The van der Waals surface area contributed by atoms with E-state index in [-0.39, 0.29) is 18.0 Å². The van der Waals surface area contributed by atoms with Crippen LogP contribution in [0.2, 0.25) is 0 Å². The van der Waals surface area contributed by atoms with Crippen molar-refractivity contribution in [2.24, 2.45) is 0 Å². The Kier molecular flexibility index (Phi) is 7.56. The third-order valence-electron chi connectivity index (χ3n) is 5.67. The maximum Gasteiger partial charge on any atom is 0.348 e. The van der Waals surface area contributed by atoms with Crippen LogP contribution in [0.3, 0.4) is 0 Å². The van der Waals surface area contributed by atoms with Crippen LogP contribution in [0.1, 0.15) is 18.5 Å². The van der Waals surface area contributed by atoms with E-state index in [2.05, 4.69) is 4.72 Å². The molecule has 188 valence electrons. The zero-order valence-corrected chi connectivity index (χ0v) is 20.6. The van der Waals surface area contributed by atoms with Crippen LogP contribution in [-0.2, 0) is 24.3 Å². The Morgan fingerprint density at radius 2 is 1.69 bits per heavy atom. The van der Waals surface area contributed by atoms with Crippen LogP contribution in [0.25, 0.3) is 0 Å². The lowest BCUT2D eigenvalue weighted by molar-refractivity contribution is -0.148. The number of anilines is 1. The highest BCUT2D eigenvalue weighted by Gasteiger charge is 2.34. The predicted octanol–water partition coefficient (Wildman–Crippen LogP) is 3.07. The lowest BCUT2D eigenvalue weighted by atomic mass is 10.1. The third kappa shape index (κ3) is 5.67. The van der Waals surface area contributed by atoms with E-state index < -0.39 is 34.0 Å². The Morgan fingerprint density at radius 3 is 2.39 bits per heavy atom. The molecule has 0 bridgehead atoms. The second kappa shape index (κ2) is 10.8. The minimum atomic E-state index is -3.76. The zero-order valence-electron chi connectivity index (χ0n) is 19.8. The van der Waals surface area contributed by atoms with Crippen molar-refractivity contribution < 1.29 is 32.2 Å². The quantitative estimate of drug-likeness (QED) is 0.464. The molecule has 1 heterocycles. The number of nitrogens with zero attached hydrogens (tertiary/aromatic N) is 1. The first-order valence-corrected chi connectivity index (χ1v) is 12.7. The van der Waals surface area contributed by atoms with Gasteiger partial charge in [0.25, 0.3) is 5.91 Å². The van der Waals surface area contributed by atoms with E-state index >= 15 is 0 Å². The summed E-state index contributed by atoms with van der Waals surface area (Å²) in [6.07, 6.45) is -0.955. The van der Waals surface area contributed by atoms with Crippen molar-refractivity contribution in [2.45, 2.75) is 24.0 Å². The lowest BCUT2D eigenvalue weighted by Crippen LogP contribution is -2.48. The molecule has 0 spiro atoms. The van der Waals surface area contributed by atoms with Crippen LogP contribution >= 0.6 is 0 Å². The normalized spacial score (nSPS) is 15.8. The highest BCUT2D eigenvalue weighted by molar-refractivity contribution is 7.89. The van der Waals surface area contributed by atoms with E-state index in [1.54, 1.807) is 31.2 Å². The average Bonchev–Trinajstić information content (AvgIpc) is 2.91. The molecule has 1 aliphatic rings. The summed E-state index contributed by atoms with van der Waals surface area (Å²) in [6.45, 7) is 1.43. The Hall–Kier alpha value is -3.89. The number of carbonyl (C=O) groups excluding carboxylic acids is 2. The maximum atomic E-state index is 13.0. The minimum absolute atomic E-state index is 0.0195. The lowest BCUT2D eigenvalue weighted by Gasteiger charge is -2.33. The minimum Gasteiger partial charge on any atom is -0.484 e. The third-order valence-corrected chi connectivity index (χ3v) is 7.22. The molecular weight excluding hydrogens is 484 g/mol. The number of hydrogen-bond donors (Lipinski definition) is 1. The second-order valence-corrected chi connectivity index (χ2v) is 9.83. The molecule has 9 nitrogen and oxygen atoms in total. The molecule has 0 saturated carbocycles. The van der Waals surface area contributed by atoms with Crippen molar-refractivity contribution in [3.05, 3.63) is 84.4 Å². The summed E-state index contributed by atoms with van der Waals surface area (Å²) in [4.78, 5) is 26.5. The fourth-order valence-corrected chi connectivity index (χ4v) is 5.01. The molecule has 1 N–H and O–H groups in total. The van der Waals surface area contributed by atoms with Crippen LogP contribution in [0.5, 0.6) is 11.5 Å². The molecule has 0 unspecified atom stereocenters. The first-order chi connectivity index (χ1) is 17.3. The van der Waals surface area contributed by atoms with Crippen molar-refractivity contribution in [1.82, 2.24) is 4.72 Å². The van der Waals surface area contributed by atoms with Crippen LogP contribution in [0.15, 0.2) is 83.8 Å². The van der Waals surface area contributed by atoms with Crippen LogP contribution in [0, 0.1) is 0 Å². The molecule has 1 amide bonds. The number of hydrogen-bond acceptors (Lipinski definition) is 7. The van der Waals surface area contributed by atoms with Gasteiger partial charge in [0.15, 0.2) is 6.61 Å². The molecule has 0 fully saturated rings. The predicted molar refractivity (Wildman–Crippen MR) is 132 cm³/mol. The van der Waals surface area contributed by atoms with Crippen LogP contribution < -0.4 is 19.1 Å². The summed E-state index contributed by atoms with van der Waals surface area (Å²) in [5.74, 6) is -0.270. The summed E-state index contributed by atoms with van der Waals surface area (Å²) in [6, 6.07) is 21.5. The number of para-hydroxylation sites is 2. The van der Waals surface area contributed by atoms with Crippen LogP contribution in [-0.4, -0.2) is 46.7 Å². The van der Waals surface area contributed by atoms with Gasteiger partial charge in [0.05, 0.1) is 24.2 Å². The van der Waals surface area contributed by atoms with Gasteiger partial charge in [0.1, 0.15) is 11.5 Å². The topological polar surface area (TPSA) is 111 Å². The molecule has 0 radical (unpaired) electrons. The Labute approximate surface area is 209 Å². The monoisotopic (exact) mass is 510 g/mol. The van der Waals surface area contributed by atoms with E-state index in [9.17, 15) is 18.0 Å². The Bertz CT molecular complexity index is 1330. The van der Waals surface area contributed by atoms with E-state index in [1.807, 2.05) is 30.3 Å². The standard InChI is InChI=1S/C26H26N2O7S/c1-18(19-8-4-3-5-9-19)27-36(31,32)21-14-12-20(13-15-21)34-17-25(29)28-16-24(26(30)33-2)35-23-11-7-6-10-22(23)28/h3-15,18,24,27H,16-17H2,1-2H3/t18-,24-/m0/s1. The number of sulfonamides is 1. The molecule has 0 aliphatic carbocycles. The van der Waals surface area contributed by atoms with Gasteiger partial charge in [0.2, 0.25) is 16.1 Å².